The Bertz CT molecular complexity index is 702. The van der Waals surface area contributed by atoms with Crippen molar-refractivity contribution in [2.75, 3.05) is 0 Å². The summed E-state index contributed by atoms with van der Waals surface area (Å²) < 4.78 is 39.4. The van der Waals surface area contributed by atoms with Gasteiger partial charge in [0.05, 0.1) is 0 Å². The summed E-state index contributed by atoms with van der Waals surface area (Å²) in [6.07, 6.45) is 0.515. The van der Waals surface area contributed by atoms with Gasteiger partial charge in [-0.25, -0.2) is 4.39 Å². The second kappa shape index (κ2) is 5.88. The number of benzene rings is 2. The smallest absolute Gasteiger partial charge is 0.338 e. The molecule has 2 aromatic rings. The molecule has 3 nitrogen and oxygen atoms in total. The Hall–Kier alpha value is -2.14. The van der Waals surface area contributed by atoms with Crippen LogP contribution in [0.3, 0.4) is 0 Å². The monoisotopic (exact) mass is 292 g/mol. The molecule has 0 aromatic heterocycles. The summed E-state index contributed by atoms with van der Waals surface area (Å²) in [5.41, 5.74) is 3.04. The average Bonchev–Trinajstić information content (AvgIpc) is 2.46. The molecule has 0 unspecified atom stereocenters. The van der Waals surface area contributed by atoms with Gasteiger partial charge < -0.3 is 4.18 Å². The van der Waals surface area contributed by atoms with Gasteiger partial charge in [0.1, 0.15) is 17.5 Å². The first-order valence-electron chi connectivity index (χ1n) is 5.88. The first kappa shape index (κ1) is 14.3. The van der Waals surface area contributed by atoms with Crippen molar-refractivity contribution < 1.29 is 17.0 Å². The third kappa shape index (κ3) is 3.24. The summed E-state index contributed by atoms with van der Waals surface area (Å²) in [6, 6.07) is 14.1. The Morgan fingerprint density at radius 3 is 1.95 bits per heavy atom. The van der Waals surface area contributed by atoms with Crippen LogP contribution in [-0.4, -0.2) is 8.42 Å². The molecular formula is C15H13FO3S. The Morgan fingerprint density at radius 2 is 1.45 bits per heavy atom. The Balaban J connectivity index is 2.28. The van der Waals surface area contributed by atoms with Gasteiger partial charge in [0.2, 0.25) is 0 Å². The molecule has 0 N–H and O–H groups in total. The zero-order valence-corrected chi connectivity index (χ0v) is 11.6. The van der Waals surface area contributed by atoms with Gasteiger partial charge >= 0.3 is 10.1 Å². The zero-order chi connectivity index (χ0) is 14.6. The van der Waals surface area contributed by atoms with E-state index in [1.807, 2.05) is 31.2 Å². The highest BCUT2D eigenvalue weighted by Crippen LogP contribution is 2.22. The second-order valence-corrected chi connectivity index (χ2v) is 5.77. The fourth-order valence-corrected chi connectivity index (χ4v) is 2.48. The molecule has 20 heavy (non-hydrogen) atoms. The van der Waals surface area contributed by atoms with E-state index in [2.05, 4.69) is 4.18 Å². The van der Waals surface area contributed by atoms with Crippen molar-refractivity contribution in [2.24, 2.45) is 0 Å². The molecular weight excluding hydrogens is 279 g/mol. The van der Waals surface area contributed by atoms with E-state index in [0.29, 0.717) is 6.26 Å². The van der Waals surface area contributed by atoms with E-state index in [0.717, 1.165) is 16.7 Å². The van der Waals surface area contributed by atoms with Crippen LogP contribution in [-0.2, 0) is 14.3 Å². The molecule has 5 heteroatoms. The summed E-state index contributed by atoms with van der Waals surface area (Å²) in [6.45, 7) is 2.00. The fourth-order valence-electron chi connectivity index (χ4n) is 1.71. The normalized spacial score (nSPS) is 11.7. The van der Waals surface area contributed by atoms with E-state index >= 15 is 0 Å². The van der Waals surface area contributed by atoms with Crippen LogP contribution in [0.5, 0.6) is 0 Å². The number of hydrogen-bond donors (Lipinski definition) is 0. The standard InChI is InChI=1S/C15H13FO3S/c1-12-2-4-13(5-3-12)14-6-8-15(9-7-14)20(17,18)19-11-10-16/h2-11H,1H3/b11-10+. The molecule has 0 aliphatic rings. The van der Waals surface area contributed by atoms with Crippen molar-refractivity contribution in [3.8, 4) is 11.1 Å². The van der Waals surface area contributed by atoms with E-state index in [4.69, 9.17) is 0 Å². The molecule has 0 radical (unpaired) electrons. The SMILES string of the molecule is Cc1ccc(-c2ccc(S(=O)(=O)O/C=C/F)cc2)cc1. The van der Waals surface area contributed by atoms with Crippen LogP contribution in [0.25, 0.3) is 11.1 Å². The Kier molecular flexibility index (Phi) is 4.20. The topological polar surface area (TPSA) is 43.4 Å². The van der Waals surface area contributed by atoms with Crippen molar-refractivity contribution >= 4 is 10.1 Å². The number of rotatable bonds is 4. The van der Waals surface area contributed by atoms with Crippen LogP contribution >= 0.6 is 0 Å². The maximum atomic E-state index is 11.8. The van der Waals surface area contributed by atoms with Gasteiger partial charge in [0, 0.05) is 0 Å². The predicted octanol–water partition coefficient (Wildman–Crippen LogP) is 3.81. The van der Waals surface area contributed by atoms with Crippen molar-refractivity contribution in [3.05, 3.63) is 66.7 Å². The molecule has 0 spiro atoms. The van der Waals surface area contributed by atoms with Crippen molar-refractivity contribution in [3.63, 3.8) is 0 Å². The van der Waals surface area contributed by atoms with Gasteiger partial charge in [-0.1, -0.05) is 42.0 Å². The minimum Gasteiger partial charge on any atom is -0.384 e. The predicted molar refractivity (Wildman–Crippen MR) is 75.1 cm³/mol. The molecule has 0 fully saturated rings. The lowest BCUT2D eigenvalue weighted by Crippen LogP contribution is -2.01. The Morgan fingerprint density at radius 1 is 0.950 bits per heavy atom. The lowest BCUT2D eigenvalue weighted by atomic mass is 10.0. The summed E-state index contributed by atoms with van der Waals surface area (Å²) in [4.78, 5) is -0.0218. The van der Waals surface area contributed by atoms with Gasteiger partial charge in [0.25, 0.3) is 0 Å². The lowest BCUT2D eigenvalue weighted by molar-refractivity contribution is 0.435. The highest BCUT2D eigenvalue weighted by molar-refractivity contribution is 7.86. The quantitative estimate of drug-likeness (QED) is 0.636. The van der Waals surface area contributed by atoms with Crippen LogP contribution in [0.4, 0.5) is 4.39 Å². The van der Waals surface area contributed by atoms with Crippen LogP contribution in [0.1, 0.15) is 5.56 Å². The highest BCUT2D eigenvalue weighted by Gasteiger charge is 2.14. The van der Waals surface area contributed by atoms with Gasteiger partial charge in [-0.2, -0.15) is 8.42 Å². The van der Waals surface area contributed by atoms with Crippen LogP contribution in [0.15, 0.2) is 66.0 Å². The van der Waals surface area contributed by atoms with Crippen molar-refractivity contribution in [2.45, 2.75) is 11.8 Å². The number of hydrogen-bond acceptors (Lipinski definition) is 3. The van der Waals surface area contributed by atoms with E-state index in [9.17, 15) is 12.8 Å². The van der Waals surface area contributed by atoms with Crippen molar-refractivity contribution in [1.29, 1.82) is 0 Å². The van der Waals surface area contributed by atoms with Crippen LogP contribution in [0.2, 0.25) is 0 Å². The molecule has 0 heterocycles. The zero-order valence-electron chi connectivity index (χ0n) is 10.8. The van der Waals surface area contributed by atoms with Crippen molar-refractivity contribution in [1.82, 2.24) is 0 Å². The molecule has 0 atom stereocenters. The molecule has 0 saturated heterocycles. The summed E-state index contributed by atoms with van der Waals surface area (Å²) in [5, 5.41) is 0. The van der Waals surface area contributed by atoms with E-state index in [1.165, 1.54) is 12.1 Å². The second-order valence-electron chi connectivity index (χ2n) is 4.20. The third-order valence-corrected chi connectivity index (χ3v) is 3.98. The Labute approximate surface area is 117 Å². The largest absolute Gasteiger partial charge is 0.384 e. The molecule has 2 aromatic carbocycles. The molecule has 2 rings (SSSR count). The van der Waals surface area contributed by atoms with E-state index in [-0.39, 0.29) is 11.2 Å². The first-order valence-corrected chi connectivity index (χ1v) is 7.29. The molecule has 0 aliphatic heterocycles. The van der Waals surface area contributed by atoms with E-state index < -0.39 is 10.1 Å². The van der Waals surface area contributed by atoms with Crippen LogP contribution < -0.4 is 0 Å². The maximum absolute atomic E-state index is 11.8. The maximum Gasteiger partial charge on any atom is 0.338 e. The van der Waals surface area contributed by atoms with Gasteiger partial charge in [-0.3, -0.25) is 0 Å². The molecule has 0 bridgehead atoms. The summed E-state index contributed by atoms with van der Waals surface area (Å²) >= 11 is 0. The minimum absolute atomic E-state index is 0.0218. The molecule has 0 amide bonds. The number of halogens is 1. The van der Waals surface area contributed by atoms with Gasteiger partial charge in [-0.15, -0.1) is 0 Å². The van der Waals surface area contributed by atoms with Gasteiger partial charge in [0.15, 0.2) is 0 Å². The molecule has 0 aliphatic carbocycles. The van der Waals surface area contributed by atoms with E-state index in [1.54, 1.807) is 12.1 Å². The van der Waals surface area contributed by atoms with Gasteiger partial charge in [-0.05, 0) is 30.2 Å². The summed E-state index contributed by atoms with van der Waals surface area (Å²) in [7, 11) is -3.95. The highest BCUT2D eigenvalue weighted by atomic mass is 32.2. The fraction of sp³-hybridized carbons (Fsp3) is 0.0667. The first-order chi connectivity index (χ1) is 9.53. The lowest BCUT2D eigenvalue weighted by Gasteiger charge is -2.05. The third-order valence-electron chi connectivity index (χ3n) is 2.76. The summed E-state index contributed by atoms with van der Waals surface area (Å²) in [5.74, 6) is 0. The van der Waals surface area contributed by atoms with Crippen LogP contribution in [0, 0.1) is 6.92 Å². The molecule has 0 saturated carbocycles. The minimum atomic E-state index is -3.95. The average molecular weight is 292 g/mol. The number of aryl methyl sites for hydroxylation is 1. The molecule has 104 valence electrons.